The number of benzene rings is 1. The lowest BCUT2D eigenvalue weighted by Crippen LogP contribution is -2.05. The van der Waals surface area contributed by atoms with Crippen LogP contribution in [0.2, 0.25) is 5.02 Å². The normalized spacial score (nSPS) is 10.5. The molecule has 0 saturated carbocycles. The number of aromatic carboxylic acids is 1. The summed E-state index contributed by atoms with van der Waals surface area (Å²) in [6.07, 6.45) is 0. The smallest absolute Gasteiger partial charge is 0.375 e. The predicted molar refractivity (Wildman–Crippen MR) is 62.5 cm³/mol. The van der Waals surface area contributed by atoms with Gasteiger partial charge in [-0.25, -0.2) is 4.79 Å². The third-order valence-corrected chi connectivity index (χ3v) is 2.46. The lowest BCUT2D eigenvalue weighted by Gasteiger charge is -2.06. The average molecular weight is 253 g/mol. The standard InChI is InChI=1S/C10H9ClN4O2/c1-5-2-3-6(11)4-7(5)15-10(12)13-8(14-15)9(16)17/h2-4H,1H3,(H,16,17)(H2,12,13,14). The first-order chi connectivity index (χ1) is 7.99. The number of rotatable bonds is 2. The molecule has 0 saturated heterocycles. The van der Waals surface area contributed by atoms with Gasteiger partial charge in [0, 0.05) is 5.02 Å². The van der Waals surface area contributed by atoms with Crippen molar-refractivity contribution in [3.8, 4) is 5.69 Å². The molecule has 0 radical (unpaired) electrons. The topological polar surface area (TPSA) is 94.0 Å². The Kier molecular flexibility index (Phi) is 2.72. The summed E-state index contributed by atoms with van der Waals surface area (Å²) in [5.74, 6) is -1.57. The van der Waals surface area contributed by atoms with Gasteiger partial charge in [-0.3, -0.25) is 0 Å². The minimum atomic E-state index is -1.23. The number of nitrogens with two attached hydrogens (primary N) is 1. The summed E-state index contributed by atoms with van der Waals surface area (Å²) in [5.41, 5.74) is 7.08. The zero-order valence-corrected chi connectivity index (χ0v) is 9.64. The van der Waals surface area contributed by atoms with Crippen LogP contribution in [0, 0.1) is 6.92 Å². The largest absolute Gasteiger partial charge is 0.475 e. The van der Waals surface area contributed by atoms with Gasteiger partial charge in [0.2, 0.25) is 5.95 Å². The Morgan fingerprint density at radius 2 is 2.24 bits per heavy atom. The van der Waals surface area contributed by atoms with Gasteiger partial charge in [0.05, 0.1) is 5.69 Å². The van der Waals surface area contributed by atoms with Gasteiger partial charge in [0.25, 0.3) is 5.82 Å². The molecule has 1 aromatic carbocycles. The summed E-state index contributed by atoms with van der Waals surface area (Å²) in [6.45, 7) is 1.84. The number of anilines is 1. The number of carbonyl (C=O) groups is 1. The van der Waals surface area contributed by atoms with Crippen molar-refractivity contribution < 1.29 is 9.90 Å². The number of aryl methyl sites for hydroxylation is 1. The van der Waals surface area contributed by atoms with Crippen molar-refractivity contribution in [1.82, 2.24) is 14.8 Å². The zero-order chi connectivity index (χ0) is 12.6. The Morgan fingerprint density at radius 1 is 1.53 bits per heavy atom. The maximum Gasteiger partial charge on any atom is 0.375 e. The molecule has 0 fully saturated rings. The zero-order valence-electron chi connectivity index (χ0n) is 8.88. The van der Waals surface area contributed by atoms with Crippen LogP contribution in [0.5, 0.6) is 0 Å². The lowest BCUT2D eigenvalue weighted by molar-refractivity contribution is 0.0683. The molecule has 88 valence electrons. The molecule has 6 nitrogen and oxygen atoms in total. The van der Waals surface area contributed by atoms with Crippen molar-refractivity contribution >= 4 is 23.5 Å². The van der Waals surface area contributed by atoms with Gasteiger partial charge in [-0.15, -0.1) is 5.10 Å². The van der Waals surface area contributed by atoms with Crippen LogP contribution in [-0.2, 0) is 0 Å². The van der Waals surface area contributed by atoms with Gasteiger partial charge in [-0.2, -0.15) is 9.67 Å². The number of hydrogen-bond acceptors (Lipinski definition) is 4. The lowest BCUT2D eigenvalue weighted by atomic mass is 10.2. The Balaban J connectivity index is 2.60. The highest BCUT2D eigenvalue weighted by Crippen LogP contribution is 2.20. The number of carboxylic acids is 1. The van der Waals surface area contributed by atoms with Gasteiger partial charge in [0.1, 0.15) is 0 Å². The van der Waals surface area contributed by atoms with E-state index in [1.807, 2.05) is 6.92 Å². The molecule has 1 aromatic heterocycles. The molecule has 0 spiro atoms. The maximum atomic E-state index is 10.7. The second kappa shape index (κ2) is 4.06. The van der Waals surface area contributed by atoms with Crippen molar-refractivity contribution in [3.05, 3.63) is 34.6 Å². The first-order valence-corrected chi connectivity index (χ1v) is 5.09. The summed E-state index contributed by atoms with van der Waals surface area (Å²) in [7, 11) is 0. The molecule has 0 atom stereocenters. The molecule has 0 unspecified atom stereocenters. The van der Waals surface area contributed by atoms with E-state index in [9.17, 15) is 4.79 Å². The first kappa shape index (κ1) is 11.4. The average Bonchev–Trinajstić information content (AvgIpc) is 2.64. The van der Waals surface area contributed by atoms with E-state index in [1.54, 1.807) is 18.2 Å². The maximum absolute atomic E-state index is 10.7. The van der Waals surface area contributed by atoms with Crippen molar-refractivity contribution in [2.24, 2.45) is 0 Å². The molecule has 2 aromatic rings. The summed E-state index contributed by atoms with van der Waals surface area (Å²) >= 11 is 5.87. The molecule has 0 aliphatic carbocycles. The van der Waals surface area contributed by atoms with Crippen LogP contribution in [0.3, 0.4) is 0 Å². The second-order valence-electron chi connectivity index (χ2n) is 3.44. The Hall–Kier alpha value is -2.08. The number of nitrogens with zero attached hydrogens (tertiary/aromatic N) is 3. The molecular formula is C10H9ClN4O2. The van der Waals surface area contributed by atoms with E-state index >= 15 is 0 Å². The van der Waals surface area contributed by atoms with Crippen LogP contribution in [-0.4, -0.2) is 25.8 Å². The SMILES string of the molecule is Cc1ccc(Cl)cc1-n1nc(C(=O)O)nc1N. The fourth-order valence-electron chi connectivity index (χ4n) is 1.40. The van der Waals surface area contributed by atoms with Crippen LogP contribution in [0.25, 0.3) is 5.69 Å². The van der Waals surface area contributed by atoms with Gasteiger partial charge in [-0.05, 0) is 24.6 Å². The summed E-state index contributed by atoms with van der Waals surface area (Å²) < 4.78 is 1.25. The van der Waals surface area contributed by atoms with Crippen molar-refractivity contribution in [2.75, 3.05) is 5.73 Å². The molecule has 1 heterocycles. The molecule has 0 aliphatic heterocycles. The number of hydrogen-bond donors (Lipinski definition) is 2. The van der Waals surface area contributed by atoms with E-state index in [1.165, 1.54) is 4.68 Å². The third kappa shape index (κ3) is 2.07. The van der Waals surface area contributed by atoms with E-state index in [2.05, 4.69) is 10.1 Å². The van der Waals surface area contributed by atoms with E-state index in [0.29, 0.717) is 10.7 Å². The summed E-state index contributed by atoms with van der Waals surface area (Å²) in [5, 5.41) is 13.1. The van der Waals surface area contributed by atoms with E-state index in [-0.39, 0.29) is 11.8 Å². The molecule has 7 heteroatoms. The number of nitrogen functional groups attached to an aromatic ring is 1. The molecule has 0 aliphatic rings. The van der Waals surface area contributed by atoms with Crippen LogP contribution in [0.4, 0.5) is 5.95 Å². The highest BCUT2D eigenvalue weighted by molar-refractivity contribution is 6.30. The molecule has 3 N–H and O–H groups in total. The molecule has 17 heavy (non-hydrogen) atoms. The second-order valence-corrected chi connectivity index (χ2v) is 3.88. The first-order valence-electron chi connectivity index (χ1n) is 4.71. The summed E-state index contributed by atoms with van der Waals surface area (Å²) in [6, 6.07) is 5.17. The monoisotopic (exact) mass is 252 g/mol. The van der Waals surface area contributed by atoms with E-state index < -0.39 is 5.97 Å². The minimum absolute atomic E-state index is 0.00719. The molecular weight excluding hydrogens is 244 g/mol. The number of carboxylic acid groups (broad SMARTS) is 1. The van der Waals surface area contributed by atoms with Crippen LogP contribution in [0.15, 0.2) is 18.2 Å². The van der Waals surface area contributed by atoms with Crippen molar-refractivity contribution in [3.63, 3.8) is 0 Å². The van der Waals surface area contributed by atoms with E-state index in [0.717, 1.165) is 5.56 Å². The molecule has 0 amide bonds. The third-order valence-electron chi connectivity index (χ3n) is 2.22. The Labute approximate surface area is 102 Å². The fourth-order valence-corrected chi connectivity index (χ4v) is 1.57. The number of halogens is 1. The van der Waals surface area contributed by atoms with Gasteiger partial charge in [-0.1, -0.05) is 17.7 Å². The highest BCUT2D eigenvalue weighted by atomic mass is 35.5. The fraction of sp³-hybridized carbons (Fsp3) is 0.100. The predicted octanol–water partition coefficient (Wildman–Crippen LogP) is 1.51. The van der Waals surface area contributed by atoms with Crippen LogP contribution < -0.4 is 5.73 Å². The minimum Gasteiger partial charge on any atom is -0.475 e. The highest BCUT2D eigenvalue weighted by Gasteiger charge is 2.15. The molecule has 2 rings (SSSR count). The van der Waals surface area contributed by atoms with Crippen LogP contribution in [0.1, 0.15) is 16.2 Å². The van der Waals surface area contributed by atoms with Crippen molar-refractivity contribution in [1.29, 1.82) is 0 Å². The quantitative estimate of drug-likeness (QED) is 0.845. The van der Waals surface area contributed by atoms with Crippen LogP contribution >= 0.6 is 11.6 Å². The molecule has 0 bridgehead atoms. The Morgan fingerprint density at radius 3 is 2.82 bits per heavy atom. The number of aromatic nitrogens is 3. The van der Waals surface area contributed by atoms with E-state index in [4.69, 9.17) is 22.4 Å². The summed E-state index contributed by atoms with van der Waals surface area (Å²) in [4.78, 5) is 14.4. The Bertz CT molecular complexity index is 594. The van der Waals surface area contributed by atoms with Gasteiger partial charge < -0.3 is 10.8 Å². The van der Waals surface area contributed by atoms with Gasteiger partial charge >= 0.3 is 5.97 Å². The van der Waals surface area contributed by atoms with Crippen molar-refractivity contribution in [2.45, 2.75) is 6.92 Å². The van der Waals surface area contributed by atoms with Gasteiger partial charge in [0.15, 0.2) is 0 Å².